The molecule has 0 saturated carbocycles. The zero-order chi connectivity index (χ0) is 10.7. The number of amides is 1. The minimum absolute atomic E-state index is 0.0523. The zero-order valence-electron chi connectivity index (χ0n) is 8.73. The number of benzene rings is 1. The SMILES string of the molecule is CC(=O)N1CCC=C(c2ccccc2)N1. The first-order valence-corrected chi connectivity index (χ1v) is 5.08. The van der Waals surface area contributed by atoms with E-state index in [1.165, 1.54) is 0 Å². The molecule has 3 nitrogen and oxygen atoms in total. The number of hydrogen-bond donors (Lipinski definition) is 1. The highest BCUT2D eigenvalue weighted by Gasteiger charge is 2.14. The van der Waals surface area contributed by atoms with Crippen LogP contribution < -0.4 is 5.43 Å². The summed E-state index contributed by atoms with van der Waals surface area (Å²) in [5.74, 6) is 0.0523. The van der Waals surface area contributed by atoms with E-state index in [0.29, 0.717) is 0 Å². The third kappa shape index (κ3) is 2.18. The molecule has 0 atom stereocenters. The molecule has 78 valence electrons. The highest BCUT2D eigenvalue weighted by molar-refractivity contribution is 5.76. The number of nitrogens with one attached hydrogen (secondary N) is 1. The molecule has 1 aromatic rings. The van der Waals surface area contributed by atoms with Gasteiger partial charge in [-0.3, -0.25) is 15.2 Å². The highest BCUT2D eigenvalue weighted by atomic mass is 16.2. The molecule has 15 heavy (non-hydrogen) atoms. The van der Waals surface area contributed by atoms with Gasteiger partial charge in [0.2, 0.25) is 5.91 Å². The lowest BCUT2D eigenvalue weighted by atomic mass is 10.1. The van der Waals surface area contributed by atoms with Crippen LogP contribution in [0, 0.1) is 0 Å². The van der Waals surface area contributed by atoms with E-state index in [-0.39, 0.29) is 5.91 Å². The second kappa shape index (κ2) is 4.17. The van der Waals surface area contributed by atoms with Gasteiger partial charge in [0, 0.05) is 13.5 Å². The quantitative estimate of drug-likeness (QED) is 0.753. The number of nitrogens with zero attached hydrogens (tertiary/aromatic N) is 1. The lowest BCUT2D eigenvalue weighted by Gasteiger charge is -2.28. The molecule has 0 aromatic heterocycles. The summed E-state index contributed by atoms with van der Waals surface area (Å²) in [5.41, 5.74) is 5.24. The van der Waals surface area contributed by atoms with E-state index in [4.69, 9.17) is 0 Å². The van der Waals surface area contributed by atoms with Crippen LogP contribution in [0.2, 0.25) is 0 Å². The fourth-order valence-corrected chi connectivity index (χ4v) is 1.62. The van der Waals surface area contributed by atoms with Crippen molar-refractivity contribution in [2.75, 3.05) is 6.54 Å². The maximum atomic E-state index is 11.2. The molecule has 1 aliphatic rings. The van der Waals surface area contributed by atoms with Crippen LogP contribution in [0.5, 0.6) is 0 Å². The maximum Gasteiger partial charge on any atom is 0.237 e. The van der Waals surface area contributed by atoms with E-state index in [2.05, 4.69) is 11.5 Å². The van der Waals surface area contributed by atoms with Crippen LogP contribution in [0.1, 0.15) is 18.9 Å². The third-order valence-corrected chi connectivity index (χ3v) is 2.42. The van der Waals surface area contributed by atoms with E-state index >= 15 is 0 Å². The van der Waals surface area contributed by atoms with Gasteiger partial charge in [-0.15, -0.1) is 0 Å². The van der Waals surface area contributed by atoms with Crippen molar-refractivity contribution in [3.8, 4) is 0 Å². The van der Waals surface area contributed by atoms with Gasteiger partial charge in [0.15, 0.2) is 0 Å². The lowest BCUT2D eigenvalue weighted by molar-refractivity contribution is -0.131. The van der Waals surface area contributed by atoms with Gasteiger partial charge in [-0.1, -0.05) is 36.4 Å². The molecule has 0 saturated heterocycles. The Labute approximate surface area is 89.4 Å². The van der Waals surface area contributed by atoms with Crippen LogP contribution >= 0.6 is 0 Å². The summed E-state index contributed by atoms with van der Waals surface area (Å²) in [6, 6.07) is 10.0. The molecular formula is C12H14N2O. The summed E-state index contributed by atoms with van der Waals surface area (Å²) < 4.78 is 0. The van der Waals surface area contributed by atoms with E-state index in [9.17, 15) is 4.79 Å². The molecule has 0 bridgehead atoms. The Morgan fingerprint density at radius 2 is 2.07 bits per heavy atom. The smallest absolute Gasteiger partial charge is 0.237 e. The molecule has 1 aromatic carbocycles. The summed E-state index contributed by atoms with van der Waals surface area (Å²) in [5, 5.41) is 1.64. The average Bonchev–Trinajstić information content (AvgIpc) is 2.30. The largest absolute Gasteiger partial charge is 0.296 e. The minimum Gasteiger partial charge on any atom is -0.296 e. The van der Waals surface area contributed by atoms with Gasteiger partial charge in [-0.05, 0) is 12.0 Å². The molecular weight excluding hydrogens is 188 g/mol. The van der Waals surface area contributed by atoms with Crippen LogP contribution in [0.25, 0.3) is 5.70 Å². The molecule has 1 N–H and O–H groups in total. The number of carbonyl (C=O) groups excluding carboxylic acids is 1. The molecule has 1 amide bonds. The molecule has 0 unspecified atom stereocenters. The summed E-state index contributed by atoms with van der Waals surface area (Å²) in [6.07, 6.45) is 3.02. The van der Waals surface area contributed by atoms with Gasteiger partial charge in [0.25, 0.3) is 0 Å². The van der Waals surface area contributed by atoms with Gasteiger partial charge in [-0.2, -0.15) is 0 Å². The Balaban J connectivity index is 2.18. The van der Waals surface area contributed by atoms with Crippen LogP contribution in [0.15, 0.2) is 36.4 Å². The van der Waals surface area contributed by atoms with E-state index < -0.39 is 0 Å². The second-order valence-corrected chi connectivity index (χ2v) is 3.55. The van der Waals surface area contributed by atoms with E-state index in [1.54, 1.807) is 11.9 Å². The van der Waals surface area contributed by atoms with Gasteiger partial charge in [0.1, 0.15) is 0 Å². The first-order valence-electron chi connectivity index (χ1n) is 5.08. The Bertz CT molecular complexity index is 384. The van der Waals surface area contributed by atoms with Gasteiger partial charge >= 0.3 is 0 Å². The number of rotatable bonds is 1. The maximum absolute atomic E-state index is 11.2. The van der Waals surface area contributed by atoms with Crippen molar-refractivity contribution in [1.82, 2.24) is 10.4 Å². The normalized spacial score (nSPS) is 15.5. The molecule has 0 aliphatic carbocycles. The van der Waals surface area contributed by atoms with Gasteiger partial charge in [0.05, 0.1) is 5.70 Å². The van der Waals surface area contributed by atoms with Crippen molar-refractivity contribution in [3.05, 3.63) is 42.0 Å². The van der Waals surface area contributed by atoms with Crippen molar-refractivity contribution in [3.63, 3.8) is 0 Å². The van der Waals surface area contributed by atoms with Gasteiger partial charge < -0.3 is 0 Å². The van der Waals surface area contributed by atoms with Crippen LogP contribution in [0.4, 0.5) is 0 Å². The van der Waals surface area contributed by atoms with E-state index in [0.717, 1.165) is 24.2 Å². The molecule has 1 aliphatic heterocycles. The lowest BCUT2D eigenvalue weighted by Crippen LogP contribution is -2.43. The first-order chi connectivity index (χ1) is 7.27. The zero-order valence-corrected chi connectivity index (χ0v) is 8.73. The summed E-state index contributed by atoms with van der Waals surface area (Å²) in [6.45, 7) is 2.31. The Morgan fingerprint density at radius 3 is 2.73 bits per heavy atom. The monoisotopic (exact) mass is 202 g/mol. The predicted molar refractivity (Wildman–Crippen MR) is 59.6 cm³/mol. The standard InChI is InChI=1S/C12H14N2O/c1-10(15)14-9-5-8-12(13-14)11-6-3-2-4-7-11/h2-4,6-8,13H,5,9H2,1H3. The topological polar surface area (TPSA) is 32.3 Å². The molecule has 0 radical (unpaired) electrons. The number of hydrazine groups is 1. The minimum atomic E-state index is 0.0523. The first kappa shape index (κ1) is 9.77. The number of hydrogen-bond acceptors (Lipinski definition) is 2. The van der Waals surface area contributed by atoms with E-state index in [1.807, 2.05) is 30.3 Å². The van der Waals surface area contributed by atoms with Crippen molar-refractivity contribution < 1.29 is 4.79 Å². The average molecular weight is 202 g/mol. The molecule has 3 heteroatoms. The Hall–Kier alpha value is -1.77. The van der Waals surface area contributed by atoms with Crippen molar-refractivity contribution in [1.29, 1.82) is 0 Å². The molecule has 1 heterocycles. The third-order valence-electron chi connectivity index (χ3n) is 2.42. The van der Waals surface area contributed by atoms with Crippen LogP contribution in [-0.2, 0) is 4.79 Å². The Kier molecular flexibility index (Phi) is 2.72. The fourth-order valence-electron chi connectivity index (χ4n) is 1.62. The van der Waals surface area contributed by atoms with Crippen molar-refractivity contribution in [2.24, 2.45) is 0 Å². The number of carbonyl (C=O) groups is 1. The molecule has 0 fully saturated rings. The summed E-state index contributed by atoms with van der Waals surface area (Å²) in [7, 11) is 0. The summed E-state index contributed by atoms with van der Waals surface area (Å²) >= 11 is 0. The second-order valence-electron chi connectivity index (χ2n) is 3.55. The summed E-state index contributed by atoms with van der Waals surface area (Å²) in [4.78, 5) is 11.2. The highest BCUT2D eigenvalue weighted by Crippen LogP contribution is 2.15. The van der Waals surface area contributed by atoms with Crippen molar-refractivity contribution in [2.45, 2.75) is 13.3 Å². The molecule has 0 spiro atoms. The van der Waals surface area contributed by atoms with Crippen LogP contribution in [-0.4, -0.2) is 17.5 Å². The van der Waals surface area contributed by atoms with Gasteiger partial charge in [-0.25, -0.2) is 0 Å². The Morgan fingerprint density at radius 1 is 1.33 bits per heavy atom. The predicted octanol–water partition coefficient (Wildman–Crippen LogP) is 1.78. The van der Waals surface area contributed by atoms with Crippen molar-refractivity contribution >= 4 is 11.6 Å². The fraction of sp³-hybridized carbons (Fsp3) is 0.250. The molecule has 2 rings (SSSR count). The van der Waals surface area contributed by atoms with Crippen LogP contribution in [0.3, 0.4) is 0 Å².